The van der Waals surface area contributed by atoms with Gasteiger partial charge < -0.3 is 4.74 Å². The third kappa shape index (κ3) is 4.56. The van der Waals surface area contributed by atoms with Gasteiger partial charge in [0.05, 0.1) is 11.6 Å². The van der Waals surface area contributed by atoms with Crippen molar-refractivity contribution in [1.82, 2.24) is 9.97 Å². The molecule has 0 fully saturated rings. The molecule has 0 N–H and O–H groups in total. The zero-order valence-electron chi connectivity index (χ0n) is 16.1. The van der Waals surface area contributed by atoms with Crippen LogP contribution in [0.1, 0.15) is 41.6 Å². The van der Waals surface area contributed by atoms with Crippen molar-refractivity contribution in [2.45, 2.75) is 32.8 Å². The van der Waals surface area contributed by atoms with Gasteiger partial charge in [-0.05, 0) is 29.2 Å². The topological polar surface area (TPSA) is 58.8 Å². The van der Waals surface area contributed by atoms with Gasteiger partial charge in [-0.2, -0.15) is 5.26 Å². The van der Waals surface area contributed by atoms with Crippen LogP contribution >= 0.6 is 11.6 Å². The Morgan fingerprint density at radius 3 is 2.50 bits per heavy atom. The van der Waals surface area contributed by atoms with Crippen LogP contribution in [-0.2, 0) is 24.2 Å². The summed E-state index contributed by atoms with van der Waals surface area (Å²) in [6.45, 7) is 2.47. The number of aromatic nitrogens is 2. The average molecular weight is 392 g/mol. The van der Waals surface area contributed by atoms with Crippen LogP contribution in [0, 0.1) is 11.3 Å². The van der Waals surface area contributed by atoms with Gasteiger partial charge in [-0.15, -0.1) is 0 Å². The standard InChI is InChI=1S/C23H22ClN3O/c1-3-6-21-20(23(24)27-22(26-21)15-28-2)13-16-9-11-17(12-10-16)19-8-5-4-7-18(19)14-25/h4-5,7-12H,3,6,13,15H2,1-2H3. The highest BCUT2D eigenvalue weighted by Gasteiger charge is 2.14. The Balaban J connectivity index is 1.89. The van der Waals surface area contributed by atoms with E-state index < -0.39 is 0 Å². The van der Waals surface area contributed by atoms with Gasteiger partial charge in [0, 0.05) is 24.8 Å². The summed E-state index contributed by atoms with van der Waals surface area (Å²) in [6, 6.07) is 18.1. The number of nitriles is 1. The predicted octanol–water partition coefficient (Wildman–Crippen LogP) is 5.36. The normalized spacial score (nSPS) is 10.6. The summed E-state index contributed by atoms with van der Waals surface area (Å²) in [5.74, 6) is 0.614. The minimum atomic E-state index is 0.351. The highest BCUT2D eigenvalue weighted by Crippen LogP contribution is 2.26. The van der Waals surface area contributed by atoms with E-state index in [1.165, 1.54) is 0 Å². The van der Waals surface area contributed by atoms with E-state index in [-0.39, 0.29) is 0 Å². The minimum absolute atomic E-state index is 0.351. The van der Waals surface area contributed by atoms with Gasteiger partial charge in [-0.1, -0.05) is 67.4 Å². The molecule has 0 aliphatic rings. The van der Waals surface area contributed by atoms with Crippen molar-refractivity contribution in [3.05, 3.63) is 81.9 Å². The van der Waals surface area contributed by atoms with Crippen molar-refractivity contribution in [1.29, 1.82) is 5.26 Å². The highest BCUT2D eigenvalue weighted by molar-refractivity contribution is 6.30. The summed E-state index contributed by atoms with van der Waals surface area (Å²) >= 11 is 6.48. The highest BCUT2D eigenvalue weighted by atomic mass is 35.5. The molecule has 142 valence electrons. The second-order valence-electron chi connectivity index (χ2n) is 6.57. The fourth-order valence-corrected chi connectivity index (χ4v) is 3.47. The number of methoxy groups -OCH3 is 1. The molecular formula is C23H22ClN3O. The monoisotopic (exact) mass is 391 g/mol. The van der Waals surface area contributed by atoms with Crippen LogP contribution in [0.25, 0.3) is 11.1 Å². The molecule has 0 aliphatic heterocycles. The molecule has 0 saturated carbocycles. The lowest BCUT2D eigenvalue weighted by molar-refractivity contribution is 0.177. The molecule has 1 aromatic heterocycles. The summed E-state index contributed by atoms with van der Waals surface area (Å²) in [5.41, 5.74) is 5.70. The number of halogens is 1. The SMILES string of the molecule is CCCc1nc(COC)nc(Cl)c1Cc1ccc(-c2ccccc2C#N)cc1. The van der Waals surface area contributed by atoms with Crippen LogP contribution < -0.4 is 0 Å². The van der Waals surface area contributed by atoms with E-state index in [1.54, 1.807) is 7.11 Å². The van der Waals surface area contributed by atoms with Crippen molar-refractivity contribution in [2.75, 3.05) is 7.11 Å². The van der Waals surface area contributed by atoms with E-state index >= 15 is 0 Å². The van der Waals surface area contributed by atoms with Gasteiger partial charge in [-0.25, -0.2) is 9.97 Å². The Morgan fingerprint density at radius 1 is 1.07 bits per heavy atom. The maximum atomic E-state index is 9.31. The molecule has 3 rings (SSSR count). The quantitative estimate of drug-likeness (QED) is 0.509. The lowest BCUT2D eigenvalue weighted by Crippen LogP contribution is -2.07. The second-order valence-corrected chi connectivity index (χ2v) is 6.93. The number of aryl methyl sites for hydroxylation is 1. The fourth-order valence-electron chi connectivity index (χ4n) is 3.20. The van der Waals surface area contributed by atoms with E-state index in [0.29, 0.717) is 29.6 Å². The van der Waals surface area contributed by atoms with Gasteiger partial charge in [0.1, 0.15) is 11.8 Å². The van der Waals surface area contributed by atoms with Crippen LogP contribution in [0.5, 0.6) is 0 Å². The maximum Gasteiger partial charge on any atom is 0.155 e. The zero-order valence-corrected chi connectivity index (χ0v) is 16.8. The lowest BCUT2D eigenvalue weighted by atomic mass is 9.97. The Morgan fingerprint density at radius 2 is 1.82 bits per heavy atom. The van der Waals surface area contributed by atoms with Crippen LogP contribution in [0.3, 0.4) is 0 Å². The summed E-state index contributed by atoms with van der Waals surface area (Å²) in [4.78, 5) is 9.02. The first-order valence-electron chi connectivity index (χ1n) is 9.27. The van der Waals surface area contributed by atoms with Crippen molar-refractivity contribution in [3.8, 4) is 17.2 Å². The molecule has 5 heteroatoms. The van der Waals surface area contributed by atoms with Crippen molar-refractivity contribution < 1.29 is 4.74 Å². The van der Waals surface area contributed by atoms with Gasteiger partial charge in [0.2, 0.25) is 0 Å². The van der Waals surface area contributed by atoms with Gasteiger partial charge >= 0.3 is 0 Å². The first-order valence-corrected chi connectivity index (χ1v) is 9.65. The molecule has 0 saturated heterocycles. The molecule has 2 aromatic carbocycles. The molecule has 0 unspecified atom stereocenters. The third-order valence-electron chi connectivity index (χ3n) is 4.54. The van der Waals surface area contributed by atoms with Crippen molar-refractivity contribution in [2.24, 2.45) is 0 Å². The number of hydrogen-bond acceptors (Lipinski definition) is 4. The van der Waals surface area contributed by atoms with E-state index in [4.69, 9.17) is 16.3 Å². The van der Waals surface area contributed by atoms with Crippen LogP contribution in [0.15, 0.2) is 48.5 Å². The first kappa shape index (κ1) is 20.0. The number of rotatable bonds is 7. The van der Waals surface area contributed by atoms with Crippen LogP contribution in [0.4, 0.5) is 0 Å². The lowest BCUT2D eigenvalue weighted by Gasteiger charge is -2.12. The van der Waals surface area contributed by atoms with Crippen LogP contribution in [-0.4, -0.2) is 17.1 Å². The molecule has 0 bridgehead atoms. The van der Waals surface area contributed by atoms with Gasteiger partial charge in [-0.3, -0.25) is 0 Å². The maximum absolute atomic E-state index is 9.31. The van der Waals surface area contributed by atoms with Gasteiger partial charge in [0.25, 0.3) is 0 Å². The molecule has 1 heterocycles. The molecule has 3 aromatic rings. The van der Waals surface area contributed by atoms with E-state index in [0.717, 1.165) is 40.8 Å². The van der Waals surface area contributed by atoms with E-state index in [9.17, 15) is 5.26 Å². The Hall–Kier alpha value is -2.74. The van der Waals surface area contributed by atoms with E-state index in [2.05, 4.69) is 35.1 Å². The number of benzene rings is 2. The summed E-state index contributed by atoms with van der Waals surface area (Å²) in [5, 5.41) is 9.80. The molecule has 0 amide bonds. The molecule has 0 atom stereocenters. The Kier molecular flexibility index (Phi) is 6.76. The Labute approximate surface area is 170 Å². The third-order valence-corrected chi connectivity index (χ3v) is 4.85. The molecule has 0 aliphatic carbocycles. The first-order chi connectivity index (χ1) is 13.7. The predicted molar refractivity (Wildman–Crippen MR) is 111 cm³/mol. The molecule has 4 nitrogen and oxygen atoms in total. The smallest absolute Gasteiger partial charge is 0.155 e. The fraction of sp³-hybridized carbons (Fsp3) is 0.261. The van der Waals surface area contributed by atoms with E-state index in [1.807, 2.05) is 36.4 Å². The molecule has 0 spiro atoms. The number of nitrogens with zero attached hydrogens (tertiary/aromatic N) is 3. The minimum Gasteiger partial charge on any atom is -0.377 e. The summed E-state index contributed by atoms with van der Waals surface area (Å²) in [7, 11) is 1.62. The number of ether oxygens (including phenoxy) is 1. The summed E-state index contributed by atoms with van der Waals surface area (Å²) < 4.78 is 5.14. The number of hydrogen-bond donors (Lipinski definition) is 0. The zero-order chi connectivity index (χ0) is 19.9. The second kappa shape index (κ2) is 9.45. The largest absolute Gasteiger partial charge is 0.377 e. The van der Waals surface area contributed by atoms with Crippen LogP contribution in [0.2, 0.25) is 5.15 Å². The van der Waals surface area contributed by atoms with Crippen molar-refractivity contribution in [3.63, 3.8) is 0 Å². The summed E-state index contributed by atoms with van der Waals surface area (Å²) in [6.07, 6.45) is 2.50. The molecule has 0 radical (unpaired) electrons. The van der Waals surface area contributed by atoms with Crippen molar-refractivity contribution >= 4 is 11.6 Å². The average Bonchev–Trinajstić information content (AvgIpc) is 2.71. The van der Waals surface area contributed by atoms with Gasteiger partial charge in [0.15, 0.2) is 5.82 Å². The molecule has 28 heavy (non-hydrogen) atoms. The molecular weight excluding hydrogens is 370 g/mol. The Bertz CT molecular complexity index is 994.